The minimum Gasteiger partial charge on any atom is -0.455 e. The fourth-order valence-electron chi connectivity index (χ4n) is 1.61. The van der Waals surface area contributed by atoms with Gasteiger partial charge in [-0.25, -0.2) is 8.42 Å². The number of nitro benzene ring substituents is 1. The molecule has 0 fully saturated rings. The summed E-state index contributed by atoms with van der Waals surface area (Å²) >= 11 is 0. The van der Waals surface area contributed by atoms with E-state index in [2.05, 4.69) is 10.5 Å². The van der Waals surface area contributed by atoms with Crippen LogP contribution in [0.2, 0.25) is 0 Å². The number of carbonyl (C=O) groups excluding carboxylic acids is 1. The van der Waals surface area contributed by atoms with Gasteiger partial charge in [0.15, 0.2) is 5.75 Å². The van der Waals surface area contributed by atoms with Crippen molar-refractivity contribution in [3.8, 4) is 11.5 Å². The van der Waals surface area contributed by atoms with Crippen molar-refractivity contribution in [2.24, 2.45) is 11.5 Å². The monoisotopic (exact) mass is 382 g/mol. The lowest BCUT2D eigenvalue weighted by Crippen LogP contribution is -2.21. The molecule has 0 unspecified atom stereocenters. The van der Waals surface area contributed by atoms with Crippen molar-refractivity contribution >= 4 is 27.3 Å². The zero-order valence-corrected chi connectivity index (χ0v) is 14.6. The van der Waals surface area contributed by atoms with Gasteiger partial charge in [0.1, 0.15) is 5.75 Å². The molecule has 2 aromatic rings. The van der Waals surface area contributed by atoms with Gasteiger partial charge in [-0.3, -0.25) is 19.6 Å². The van der Waals surface area contributed by atoms with E-state index in [-0.39, 0.29) is 23.7 Å². The van der Waals surface area contributed by atoms with Crippen LogP contribution in [0.1, 0.15) is 0 Å². The van der Waals surface area contributed by atoms with Crippen LogP contribution in [0.5, 0.6) is 11.5 Å². The second-order valence-corrected chi connectivity index (χ2v) is 6.65. The maximum absolute atomic E-state index is 11.3. The number of carbonyl (C=O) groups is 1. The summed E-state index contributed by atoms with van der Waals surface area (Å²) in [5.41, 5.74) is 9.16. The summed E-state index contributed by atoms with van der Waals surface area (Å²) in [5, 5.41) is 10.8. The number of hydrogen-bond donors (Lipinski definition) is 3. The number of benzene rings is 2. The van der Waals surface area contributed by atoms with Crippen LogP contribution in [0.3, 0.4) is 0 Å². The number of nitrogens with zero attached hydrogens (tertiary/aromatic N) is 1. The summed E-state index contributed by atoms with van der Waals surface area (Å²) in [5.74, 6) is 0.0281. The van der Waals surface area contributed by atoms with Crippen molar-refractivity contribution in [3.63, 3.8) is 0 Å². The Hall–Kier alpha value is -3.18. The third kappa shape index (κ3) is 7.59. The van der Waals surface area contributed by atoms with E-state index in [9.17, 15) is 23.3 Å². The number of para-hydroxylation sites is 1. The smallest absolute Gasteiger partial charge is 0.273 e. The fourth-order valence-corrected chi connectivity index (χ4v) is 2.18. The molecule has 0 aromatic heterocycles. The molecule has 0 saturated carbocycles. The maximum atomic E-state index is 11.3. The lowest BCUT2D eigenvalue weighted by atomic mass is 10.2. The van der Waals surface area contributed by atoms with Gasteiger partial charge in [0.25, 0.3) is 5.69 Å². The molecule has 0 aliphatic carbocycles. The average Bonchev–Trinajstić information content (AvgIpc) is 2.56. The van der Waals surface area contributed by atoms with Crippen LogP contribution >= 0.6 is 0 Å². The van der Waals surface area contributed by atoms with Gasteiger partial charge in [0.05, 0.1) is 29.5 Å². The van der Waals surface area contributed by atoms with E-state index >= 15 is 0 Å². The van der Waals surface area contributed by atoms with Gasteiger partial charge in [0.2, 0.25) is 15.9 Å². The number of nitro groups is 1. The van der Waals surface area contributed by atoms with Crippen molar-refractivity contribution in [1.82, 2.24) is 0 Å². The molecule has 2 rings (SSSR count). The van der Waals surface area contributed by atoms with E-state index in [0.717, 1.165) is 6.26 Å². The molecule has 0 heterocycles. The Morgan fingerprint density at radius 3 is 2.27 bits per heavy atom. The molecule has 0 aliphatic heterocycles. The van der Waals surface area contributed by atoms with Crippen LogP contribution in [0.15, 0.2) is 48.5 Å². The first kappa shape index (κ1) is 20.9. The maximum Gasteiger partial charge on any atom is 0.273 e. The molecule has 2 aromatic carbocycles. The zero-order valence-electron chi connectivity index (χ0n) is 13.8. The number of anilines is 1. The fraction of sp³-hybridized carbons (Fsp3) is 0.133. The summed E-state index contributed by atoms with van der Waals surface area (Å²) < 4.78 is 30.4. The molecule has 1 amide bonds. The van der Waals surface area contributed by atoms with Crippen molar-refractivity contribution < 1.29 is 22.9 Å². The number of ether oxygens (including phenoxy) is 1. The molecule has 0 saturated heterocycles. The topological polar surface area (TPSA) is 168 Å². The summed E-state index contributed by atoms with van der Waals surface area (Å²) in [6.45, 7) is -0.0556. The number of non-ortho nitro benzene ring substituents is 1. The van der Waals surface area contributed by atoms with Gasteiger partial charge >= 0.3 is 0 Å². The Balaban J connectivity index is 0.000000597. The van der Waals surface area contributed by atoms with Crippen molar-refractivity contribution in [3.05, 3.63) is 58.6 Å². The van der Waals surface area contributed by atoms with E-state index in [1.54, 1.807) is 30.3 Å². The van der Waals surface area contributed by atoms with Gasteiger partial charge in [-0.1, -0.05) is 18.2 Å². The molecule has 0 spiro atoms. The van der Waals surface area contributed by atoms with Gasteiger partial charge < -0.3 is 16.2 Å². The van der Waals surface area contributed by atoms with Crippen LogP contribution < -0.4 is 20.9 Å². The van der Waals surface area contributed by atoms with Crippen molar-refractivity contribution in [2.75, 3.05) is 17.5 Å². The number of nitrogens with two attached hydrogens (primary N) is 2. The number of amides is 1. The Morgan fingerprint density at radius 2 is 1.81 bits per heavy atom. The highest BCUT2D eigenvalue weighted by atomic mass is 32.2. The molecular weight excluding hydrogens is 364 g/mol. The molecule has 11 heteroatoms. The highest BCUT2D eigenvalue weighted by molar-refractivity contribution is 7.92. The molecule has 0 atom stereocenters. The summed E-state index contributed by atoms with van der Waals surface area (Å²) in [7, 11) is -3.52. The van der Waals surface area contributed by atoms with Crippen LogP contribution in [-0.2, 0) is 14.8 Å². The second kappa shape index (κ2) is 9.34. The molecule has 140 valence electrons. The van der Waals surface area contributed by atoms with Crippen LogP contribution in [-0.4, -0.2) is 32.0 Å². The minimum atomic E-state index is -3.52. The molecule has 10 nitrogen and oxygen atoms in total. The van der Waals surface area contributed by atoms with E-state index in [1.165, 1.54) is 18.2 Å². The Kier molecular flexibility index (Phi) is 7.50. The lowest BCUT2D eigenvalue weighted by Gasteiger charge is -2.11. The summed E-state index contributed by atoms with van der Waals surface area (Å²) in [4.78, 5) is 19.7. The van der Waals surface area contributed by atoms with Gasteiger partial charge in [-0.05, 0) is 18.2 Å². The largest absolute Gasteiger partial charge is 0.455 e. The number of hydrogen-bond acceptors (Lipinski definition) is 7. The number of rotatable bonds is 6. The van der Waals surface area contributed by atoms with Gasteiger partial charge in [-0.15, -0.1) is 0 Å². The first-order valence-corrected chi connectivity index (χ1v) is 8.99. The van der Waals surface area contributed by atoms with E-state index in [4.69, 9.17) is 10.5 Å². The van der Waals surface area contributed by atoms with Crippen LogP contribution in [0, 0.1) is 10.1 Å². The zero-order chi connectivity index (χ0) is 19.7. The number of sulfonamides is 1. The lowest BCUT2D eigenvalue weighted by molar-refractivity contribution is -0.384. The SMILES string of the molecule is CS(=O)(=O)Nc1ccc([N+](=O)[O-])cc1Oc1ccccc1.NCC(N)=O. The van der Waals surface area contributed by atoms with Gasteiger partial charge in [-0.2, -0.15) is 0 Å². The number of nitrogens with one attached hydrogen (secondary N) is 1. The first-order valence-electron chi connectivity index (χ1n) is 7.10. The normalized spacial score (nSPS) is 10.2. The Morgan fingerprint density at radius 1 is 1.23 bits per heavy atom. The molecule has 0 bridgehead atoms. The molecule has 0 aliphatic rings. The molecule has 5 N–H and O–H groups in total. The quantitative estimate of drug-likeness (QED) is 0.498. The van der Waals surface area contributed by atoms with Crippen LogP contribution in [0.4, 0.5) is 11.4 Å². The summed E-state index contributed by atoms with van der Waals surface area (Å²) in [6.07, 6.45) is 0.987. The van der Waals surface area contributed by atoms with E-state index in [1.807, 2.05) is 0 Å². The standard InChI is InChI=1S/C13H12N2O5S.C2H6N2O/c1-21(18,19)14-12-8-7-10(15(16)17)9-13(12)20-11-5-3-2-4-6-11;3-1-2(4)5/h2-9,14H,1H3;1,3H2,(H2,4,5). The predicted molar refractivity (Wildman–Crippen MR) is 96.3 cm³/mol. The third-order valence-corrected chi connectivity index (χ3v) is 3.23. The van der Waals surface area contributed by atoms with E-state index in [0.29, 0.717) is 5.75 Å². The van der Waals surface area contributed by atoms with Gasteiger partial charge in [0, 0.05) is 6.07 Å². The highest BCUT2D eigenvalue weighted by Gasteiger charge is 2.15. The number of primary amides is 1. The molecule has 0 radical (unpaired) electrons. The Labute approximate surface area is 150 Å². The predicted octanol–water partition coefficient (Wildman–Crippen LogP) is 1.19. The molecular formula is C15H18N4O6S. The van der Waals surface area contributed by atoms with Crippen LogP contribution in [0.25, 0.3) is 0 Å². The Bertz CT molecular complexity index is 871. The second-order valence-electron chi connectivity index (χ2n) is 4.90. The third-order valence-electron chi connectivity index (χ3n) is 2.64. The average molecular weight is 382 g/mol. The highest BCUT2D eigenvalue weighted by Crippen LogP contribution is 2.33. The first-order chi connectivity index (χ1) is 12.1. The minimum absolute atomic E-state index is 0.0556. The molecule has 26 heavy (non-hydrogen) atoms. The van der Waals surface area contributed by atoms with Crippen molar-refractivity contribution in [1.29, 1.82) is 0 Å². The van der Waals surface area contributed by atoms with Crippen molar-refractivity contribution in [2.45, 2.75) is 0 Å². The van der Waals surface area contributed by atoms with E-state index < -0.39 is 20.9 Å². The summed E-state index contributed by atoms with van der Waals surface area (Å²) in [6, 6.07) is 12.2.